The number of hydrogen-bond donors (Lipinski definition) is 1. The fourth-order valence-electron chi connectivity index (χ4n) is 2.78. The van der Waals surface area contributed by atoms with Gasteiger partial charge in [-0.2, -0.15) is 0 Å². The molecule has 0 aromatic rings. The van der Waals surface area contributed by atoms with Crippen molar-refractivity contribution >= 4 is 0 Å². The molecule has 12 heavy (non-hydrogen) atoms. The van der Waals surface area contributed by atoms with Gasteiger partial charge in [0.2, 0.25) is 0 Å². The summed E-state index contributed by atoms with van der Waals surface area (Å²) in [6, 6.07) is 0. The lowest BCUT2D eigenvalue weighted by atomic mass is 9.83. The molecule has 0 aliphatic heterocycles. The summed E-state index contributed by atoms with van der Waals surface area (Å²) in [6.45, 7) is 5.60. The summed E-state index contributed by atoms with van der Waals surface area (Å²) in [7, 11) is 0. The van der Waals surface area contributed by atoms with E-state index in [1.807, 2.05) is 0 Å². The summed E-state index contributed by atoms with van der Waals surface area (Å²) in [5.74, 6) is 2.69. The van der Waals surface area contributed by atoms with E-state index in [9.17, 15) is 0 Å². The molecule has 72 valence electrons. The third-order valence-electron chi connectivity index (χ3n) is 3.50. The second kappa shape index (κ2) is 4.86. The second-order valence-electron chi connectivity index (χ2n) is 4.36. The van der Waals surface area contributed by atoms with E-state index in [0.717, 1.165) is 24.3 Å². The van der Waals surface area contributed by atoms with Crippen molar-refractivity contribution < 1.29 is 0 Å². The van der Waals surface area contributed by atoms with Crippen LogP contribution in [-0.4, -0.2) is 6.54 Å². The molecule has 0 radical (unpaired) electrons. The predicted molar refractivity (Wildman–Crippen MR) is 54.0 cm³/mol. The highest BCUT2D eigenvalue weighted by Gasteiger charge is 2.29. The average molecular weight is 169 g/mol. The third kappa shape index (κ3) is 2.22. The molecule has 1 rings (SSSR count). The maximum absolute atomic E-state index is 5.76. The summed E-state index contributed by atoms with van der Waals surface area (Å²) in [6.07, 6.45) is 6.95. The molecule has 0 aromatic heterocycles. The lowest BCUT2D eigenvalue weighted by Gasteiger charge is -2.24. The molecule has 2 N–H and O–H groups in total. The first kappa shape index (κ1) is 10.0. The topological polar surface area (TPSA) is 26.0 Å². The molecule has 0 spiro atoms. The number of rotatable bonds is 4. The second-order valence-corrected chi connectivity index (χ2v) is 4.36. The van der Waals surface area contributed by atoms with E-state index in [1.54, 1.807) is 0 Å². The monoisotopic (exact) mass is 169 g/mol. The van der Waals surface area contributed by atoms with Gasteiger partial charge in [-0.1, -0.05) is 33.1 Å². The normalized spacial score (nSPS) is 32.2. The minimum atomic E-state index is 0.839. The lowest BCUT2D eigenvalue weighted by Crippen LogP contribution is -2.23. The van der Waals surface area contributed by atoms with Gasteiger partial charge in [-0.05, 0) is 37.1 Å². The zero-order valence-corrected chi connectivity index (χ0v) is 8.55. The highest BCUT2D eigenvalue weighted by atomic mass is 14.6. The standard InChI is InChI=1S/C11H23N/c1-3-5-9(2)11-7-4-6-10(11)8-12/h9-11H,3-8,12H2,1-2H3. The third-order valence-corrected chi connectivity index (χ3v) is 3.50. The Morgan fingerprint density at radius 1 is 1.42 bits per heavy atom. The van der Waals surface area contributed by atoms with Crippen molar-refractivity contribution in [1.29, 1.82) is 0 Å². The summed E-state index contributed by atoms with van der Waals surface area (Å²) < 4.78 is 0. The van der Waals surface area contributed by atoms with Gasteiger partial charge < -0.3 is 5.73 Å². The predicted octanol–water partition coefficient (Wildman–Crippen LogP) is 2.80. The van der Waals surface area contributed by atoms with Crippen LogP contribution in [0.2, 0.25) is 0 Å². The molecule has 0 saturated heterocycles. The van der Waals surface area contributed by atoms with Crippen LogP contribution in [-0.2, 0) is 0 Å². The number of nitrogens with two attached hydrogens (primary N) is 1. The van der Waals surface area contributed by atoms with Gasteiger partial charge >= 0.3 is 0 Å². The van der Waals surface area contributed by atoms with E-state index < -0.39 is 0 Å². The lowest BCUT2D eigenvalue weighted by molar-refractivity contribution is 0.268. The molecule has 1 nitrogen and oxygen atoms in total. The first-order chi connectivity index (χ1) is 5.79. The Bertz CT molecular complexity index is 122. The van der Waals surface area contributed by atoms with Crippen molar-refractivity contribution in [1.82, 2.24) is 0 Å². The fourth-order valence-corrected chi connectivity index (χ4v) is 2.78. The summed E-state index contributed by atoms with van der Waals surface area (Å²) in [5.41, 5.74) is 5.76. The van der Waals surface area contributed by atoms with Gasteiger partial charge in [0, 0.05) is 0 Å². The molecule has 0 amide bonds. The van der Waals surface area contributed by atoms with E-state index in [-0.39, 0.29) is 0 Å². The van der Waals surface area contributed by atoms with E-state index in [2.05, 4.69) is 13.8 Å². The molecule has 1 heteroatoms. The Hall–Kier alpha value is -0.0400. The van der Waals surface area contributed by atoms with Crippen LogP contribution in [0.15, 0.2) is 0 Å². The van der Waals surface area contributed by atoms with Crippen molar-refractivity contribution in [2.45, 2.75) is 46.0 Å². The van der Waals surface area contributed by atoms with E-state index in [1.165, 1.54) is 32.1 Å². The van der Waals surface area contributed by atoms with Gasteiger partial charge in [-0.25, -0.2) is 0 Å². The minimum absolute atomic E-state index is 0.839. The Labute approximate surface area is 76.7 Å². The van der Waals surface area contributed by atoms with Gasteiger partial charge in [0.1, 0.15) is 0 Å². The van der Waals surface area contributed by atoms with E-state index >= 15 is 0 Å². The average Bonchev–Trinajstić information content (AvgIpc) is 2.51. The molecule has 1 fully saturated rings. The maximum Gasteiger partial charge on any atom is -0.00461 e. The van der Waals surface area contributed by atoms with Crippen LogP contribution in [0.3, 0.4) is 0 Å². The smallest absolute Gasteiger partial charge is 0.00461 e. The molecule has 3 atom stereocenters. The maximum atomic E-state index is 5.76. The van der Waals surface area contributed by atoms with Crippen LogP contribution in [0.25, 0.3) is 0 Å². The van der Waals surface area contributed by atoms with Crippen molar-refractivity contribution in [2.75, 3.05) is 6.54 Å². The molecule has 3 unspecified atom stereocenters. The quantitative estimate of drug-likeness (QED) is 0.688. The van der Waals surface area contributed by atoms with Gasteiger partial charge in [0.15, 0.2) is 0 Å². The van der Waals surface area contributed by atoms with Gasteiger partial charge in [-0.3, -0.25) is 0 Å². The largest absolute Gasteiger partial charge is 0.330 e. The van der Waals surface area contributed by atoms with Crippen molar-refractivity contribution in [3.8, 4) is 0 Å². The highest BCUT2D eigenvalue weighted by molar-refractivity contribution is 4.81. The van der Waals surface area contributed by atoms with Crippen LogP contribution in [0.1, 0.15) is 46.0 Å². The van der Waals surface area contributed by atoms with Crippen LogP contribution < -0.4 is 5.73 Å². The Balaban J connectivity index is 2.38. The molecular formula is C11H23N. The van der Waals surface area contributed by atoms with Crippen LogP contribution in [0.4, 0.5) is 0 Å². The van der Waals surface area contributed by atoms with Crippen molar-refractivity contribution in [2.24, 2.45) is 23.5 Å². The summed E-state index contributed by atoms with van der Waals surface area (Å²) in [5, 5.41) is 0. The van der Waals surface area contributed by atoms with E-state index in [0.29, 0.717) is 0 Å². The van der Waals surface area contributed by atoms with Gasteiger partial charge in [-0.15, -0.1) is 0 Å². The molecule has 0 bridgehead atoms. The molecule has 1 aliphatic carbocycles. The van der Waals surface area contributed by atoms with Crippen molar-refractivity contribution in [3.63, 3.8) is 0 Å². The molecular weight excluding hydrogens is 146 g/mol. The molecule has 0 heterocycles. The van der Waals surface area contributed by atoms with Gasteiger partial charge in [0.05, 0.1) is 0 Å². The van der Waals surface area contributed by atoms with Crippen molar-refractivity contribution in [3.05, 3.63) is 0 Å². The zero-order valence-electron chi connectivity index (χ0n) is 8.55. The zero-order chi connectivity index (χ0) is 8.97. The minimum Gasteiger partial charge on any atom is -0.330 e. The SMILES string of the molecule is CCCC(C)C1CCCC1CN. The van der Waals surface area contributed by atoms with Crippen LogP contribution in [0.5, 0.6) is 0 Å². The van der Waals surface area contributed by atoms with Crippen LogP contribution in [0, 0.1) is 17.8 Å². The van der Waals surface area contributed by atoms with E-state index in [4.69, 9.17) is 5.73 Å². The molecule has 0 aromatic carbocycles. The Morgan fingerprint density at radius 3 is 2.75 bits per heavy atom. The Morgan fingerprint density at radius 2 is 2.17 bits per heavy atom. The Kier molecular flexibility index (Phi) is 4.07. The van der Waals surface area contributed by atoms with Gasteiger partial charge in [0.25, 0.3) is 0 Å². The molecule has 1 saturated carbocycles. The highest BCUT2D eigenvalue weighted by Crippen LogP contribution is 2.37. The number of hydrogen-bond acceptors (Lipinski definition) is 1. The molecule has 1 aliphatic rings. The fraction of sp³-hybridized carbons (Fsp3) is 1.00. The first-order valence-corrected chi connectivity index (χ1v) is 5.49. The summed E-state index contributed by atoms with van der Waals surface area (Å²) >= 11 is 0. The summed E-state index contributed by atoms with van der Waals surface area (Å²) in [4.78, 5) is 0. The van der Waals surface area contributed by atoms with Crippen LogP contribution >= 0.6 is 0 Å². The first-order valence-electron chi connectivity index (χ1n) is 5.49.